The van der Waals surface area contributed by atoms with E-state index in [0.717, 1.165) is 0 Å². The van der Waals surface area contributed by atoms with Crippen molar-refractivity contribution in [3.63, 3.8) is 0 Å². The van der Waals surface area contributed by atoms with Gasteiger partial charge in [0.05, 0.1) is 17.7 Å². The van der Waals surface area contributed by atoms with Gasteiger partial charge < -0.3 is 25.7 Å². The Morgan fingerprint density at radius 3 is 2.71 bits per heavy atom. The molecule has 17 heavy (non-hydrogen) atoms. The molecule has 0 saturated carbocycles. The molecule has 1 aliphatic rings. The Morgan fingerprint density at radius 2 is 2.24 bits per heavy atom. The summed E-state index contributed by atoms with van der Waals surface area (Å²) in [6, 6.07) is -0.347. The van der Waals surface area contributed by atoms with Crippen LogP contribution in [0.4, 0.5) is 0 Å². The number of nitrogens with zero attached hydrogens (tertiary/aromatic N) is 1. The molecule has 6 heteroatoms. The molecule has 0 aliphatic carbocycles. The van der Waals surface area contributed by atoms with Crippen molar-refractivity contribution in [2.75, 3.05) is 33.7 Å². The molecule has 1 rings (SSSR count). The van der Waals surface area contributed by atoms with Gasteiger partial charge in [-0.1, -0.05) is 0 Å². The minimum absolute atomic E-state index is 0.166. The molecule has 1 aliphatic heterocycles. The zero-order valence-corrected chi connectivity index (χ0v) is 10.7. The number of amides is 1. The highest BCUT2D eigenvalue weighted by molar-refractivity contribution is 5.82. The number of carbonyl (C=O) groups is 1. The first-order valence-electron chi connectivity index (χ1n) is 5.86. The van der Waals surface area contributed by atoms with Crippen LogP contribution in [0, 0.1) is 0 Å². The van der Waals surface area contributed by atoms with E-state index in [0.29, 0.717) is 19.5 Å². The molecule has 6 nitrogen and oxygen atoms in total. The van der Waals surface area contributed by atoms with Gasteiger partial charge in [-0.25, -0.2) is 0 Å². The number of nitrogens with one attached hydrogen (secondary N) is 2. The van der Waals surface area contributed by atoms with E-state index in [9.17, 15) is 15.0 Å². The molecule has 1 heterocycles. The Hall–Kier alpha value is -0.690. The smallest absolute Gasteiger partial charge is 0.237 e. The van der Waals surface area contributed by atoms with E-state index in [-0.39, 0.29) is 18.5 Å². The van der Waals surface area contributed by atoms with Crippen LogP contribution in [-0.2, 0) is 4.79 Å². The zero-order chi connectivity index (χ0) is 13.1. The SMILES string of the molecule is CN(C)CC(C)(O)CNC(=O)C1CC(O)CN1. The molecule has 0 spiro atoms. The third-order valence-electron chi connectivity index (χ3n) is 2.72. The summed E-state index contributed by atoms with van der Waals surface area (Å²) in [6.45, 7) is 2.82. The second kappa shape index (κ2) is 5.77. The monoisotopic (exact) mass is 245 g/mol. The highest BCUT2D eigenvalue weighted by atomic mass is 16.3. The fourth-order valence-electron chi connectivity index (χ4n) is 2.05. The molecule has 0 radical (unpaired) electrons. The molecule has 1 saturated heterocycles. The van der Waals surface area contributed by atoms with E-state index < -0.39 is 11.7 Å². The van der Waals surface area contributed by atoms with E-state index >= 15 is 0 Å². The van der Waals surface area contributed by atoms with Crippen LogP contribution in [0.15, 0.2) is 0 Å². The summed E-state index contributed by atoms with van der Waals surface area (Å²) < 4.78 is 0. The number of carbonyl (C=O) groups excluding carboxylic acids is 1. The van der Waals surface area contributed by atoms with Crippen LogP contribution in [-0.4, -0.2) is 72.5 Å². The van der Waals surface area contributed by atoms with Crippen molar-refractivity contribution in [3.05, 3.63) is 0 Å². The molecule has 3 unspecified atom stereocenters. The minimum Gasteiger partial charge on any atom is -0.392 e. The van der Waals surface area contributed by atoms with Crippen LogP contribution < -0.4 is 10.6 Å². The quantitative estimate of drug-likeness (QED) is 0.456. The molecule has 0 bridgehead atoms. The van der Waals surface area contributed by atoms with Crippen LogP contribution in [0.2, 0.25) is 0 Å². The van der Waals surface area contributed by atoms with Crippen LogP contribution in [0.25, 0.3) is 0 Å². The number of β-amino-alcohol motifs (C(OH)–C–C–N with tert-alkyl or cyclic N) is 1. The van der Waals surface area contributed by atoms with Gasteiger partial charge in [0, 0.05) is 19.6 Å². The summed E-state index contributed by atoms with van der Waals surface area (Å²) >= 11 is 0. The lowest BCUT2D eigenvalue weighted by molar-refractivity contribution is -0.124. The molecule has 0 aromatic rings. The van der Waals surface area contributed by atoms with Gasteiger partial charge in [0.1, 0.15) is 0 Å². The second-order valence-electron chi connectivity index (χ2n) is 5.30. The Labute approximate surface area is 102 Å². The summed E-state index contributed by atoms with van der Waals surface area (Å²) in [4.78, 5) is 13.6. The number of hydrogen-bond donors (Lipinski definition) is 4. The summed E-state index contributed by atoms with van der Waals surface area (Å²) in [5, 5.41) is 24.9. The summed E-state index contributed by atoms with van der Waals surface area (Å²) in [5.74, 6) is -0.166. The van der Waals surface area contributed by atoms with Crippen molar-refractivity contribution in [1.82, 2.24) is 15.5 Å². The number of rotatable bonds is 5. The maximum atomic E-state index is 11.7. The molecule has 100 valence electrons. The van der Waals surface area contributed by atoms with E-state index in [1.165, 1.54) is 0 Å². The van der Waals surface area contributed by atoms with Crippen molar-refractivity contribution < 1.29 is 15.0 Å². The Balaban J connectivity index is 2.32. The average Bonchev–Trinajstić information content (AvgIpc) is 2.59. The average molecular weight is 245 g/mol. The molecule has 0 aromatic heterocycles. The largest absolute Gasteiger partial charge is 0.392 e. The Morgan fingerprint density at radius 1 is 1.59 bits per heavy atom. The van der Waals surface area contributed by atoms with Crippen molar-refractivity contribution in [2.45, 2.75) is 31.1 Å². The van der Waals surface area contributed by atoms with Gasteiger partial charge in [0.15, 0.2) is 0 Å². The van der Waals surface area contributed by atoms with E-state index in [1.54, 1.807) is 6.92 Å². The van der Waals surface area contributed by atoms with Crippen LogP contribution in [0.5, 0.6) is 0 Å². The normalized spacial score (nSPS) is 28.1. The first kappa shape index (κ1) is 14.4. The fraction of sp³-hybridized carbons (Fsp3) is 0.909. The van der Waals surface area contributed by atoms with E-state index in [1.807, 2.05) is 19.0 Å². The van der Waals surface area contributed by atoms with Crippen molar-refractivity contribution in [2.24, 2.45) is 0 Å². The van der Waals surface area contributed by atoms with E-state index in [4.69, 9.17) is 0 Å². The number of aliphatic hydroxyl groups is 2. The van der Waals surface area contributed by atoms with Crippen LogP contribution in [0.1, 0.15) is 13.3 Å². The molecule has 0 aromatic carbocycles. The minimum atomic E-state index is -0.948. The molecule has 3 atom stereocenters. The number of likely N-dealkylation sites (N-methyl/N-ethyl adjacent to an activating group) is 1. The maximum absolute atomic E-state index is 11.7. The third kappa shape index (κ3) is 4.99. The van der Waals surface area contributed by atoms with Crippen molar-refractivity contribution in [1.29, 1.82) is 0 Å². The predicted molar refractivity (Wildman–Crippen MR) is 64.6 cm³/mol. The summed E-state index contributed by atoms with van der Waals surface area (Å²) in [5.41, 5.74) is -0.948. The topological polar surface area (TPSA) is 84.8 Å². The Kier molecular flexibility index (Phi) is 4.88. The van der Waals surface area contributed by atoms with Gasteiger partial charge in [0.25, 0.3) is 0 Å². The zero-order valence-electron chi connectivity index (χ0n) is 10.7. The van der Waals surface area contributed by atoms with Gasteiger partial charge in [-0.3, -0.25) is 4.79 Å². The molecular formula is C11H23N3O3. The van der Waals surface area contributed by atoms with Crippen molar-refractivity contribution >= 4 is 5.91 Å². The highest BCUT2D eigenvalue weighted by Gasteiger charge is 2.29. The van der Waals surface area contributed by atoms with Crippen molar-refractivity contribution in [3.8, 4) is 0 Å². The lowest BCUT2D eigenvalue weighted by atomic mass is 10.1. The van der Waals surface area contributed by atoms with Crippen LogP contribution in [0.3, 0.4) is 0 Å². The van der Waals surface area contributed by atoms with Gasteiger partial charge in [-0.05, 0) is 27.4 Å². The third-order valence-corrected chi connectivity index (χ3v) is 2.72. The molecule has 4 N–H and O–H groups in total. The first-order valence-corrected chi connectivity index (χ1v) is 5.86. The maximum Gasteiger partial charge on any atom is 0.237 e. The lowest BCUT2D eigenvalue weighted by Gasteiger charge is -2.27. The second-order valence-corrected chi connectivity index (χ2v) is 5.30. The fourth-order valence-corrected chi connectivity index (χ4v) is 2.05. The lowest BCUT2D eigenvalue weighted by Crippen LogP contribution is -2.50. The van der Waals surface area contributed by atoms with Gasteiger partial charge >= 0.3 is 0 Å². The number of aliphatic hydroxyl groups excluding tert-OH is 1. The first-order chi connectivity index (χ1) is 7.80. The predicted octanol–water partition coefficient (Wildman–Crippen LogP) is -1.86. The summed E-state index contributed by atoms with van der Waals surface area (Å²) in [6.07, 6.45) is -0.0187. The molecule has 1 amide bonds. The van der Waals surface area contributed by atoms with Gasteiger partial charge in [-0.15, -0.1) is 0 Å². The highest BCUT2D eigenvalue weighted by Crippen LogP contribution is 2.07. The molecule has 1 fully saturated rings. The Bertz CT molecular complexity index is 269. The van der Waals surface area contributed by atoms with Gasteiger partial charge in [-0.2, -0.15) is 0 Å². The molecular weight excluding hydrogens is 222 g/mol. The number of hydrogen-bond acceptors (Lipinski definition) is 5. The van der Waals surface area contributed by atoms with Gasteiger partial charge in [0.2, 0.25) is 5.91 Å². The standard InChI is InChI=1S/C11H23N3O3/c1-11(17,7-14(2)3)6-13-10(16)9-4-8(15)5-12-9/h8-9,12,15,17H,4-7H2,1-3H3,(H,13,16). The van der Waals surface area contributed by atoms with E-state index in [2.05, 4.69) is 10.6 Å². The summed E-state index contributed by atoms with van der Waals surface area (Å²) in [7, 11) is 3.73. The van der Waals surface area contributed by atoms with Crippen LogP contribution >= 0.6 is 0 Å².